The predicted molar refractivity (Wildman–Crippen MR) is 125 cm³/mol. The Balaban J connectivity index is 1.60. The summed E-state index contributed by atoms with van der Waals surface area (Å²) in [5.41, 5.74) is 0.612. The van der Waals surface area contributed by atoms with Gasteiger partial charge in [0.2, 0.25) is 5.91 Å². The maximum atomic E-state index is 13.1. The number of carbonyl (C=O) groups excluding carboxylic acids is 1. The fourth-order valence-corrected chi connectivity index (χ4v) is 4.63. The van der Waals surface area contributed by atoms with Crippen LogP contribution in [0.25, 0.3) is 10.9 Å². The standard InChI is InChI=1S/C21H14Cl3N3O3S/c22-12-8-15(23)19(16(24)9-12)26-18(28)11-31-21-25-17-6-2-1-5-14(17)20(29)27(21)10-13-4-3-7-30-13/h1-9H,10-11H2,(H,26,28). The van der Waals surface area contributed by atoms with Crippen molar-refractivity contribution < 1.29 is 9.21 Å². The number of hydrogen-bond acceptors (Lipinski definition) is 5. The number of nitrogens with one attached hydrogen (secondary N) is 1. The van der Waals surface area contributed by atoms with Crippen molar-refractivity contribution in [1.82, 2.24) is 9.55 Å². The molecule has 0 saturated heterocycles. The molecule has 0 bridgehead atoms. The molecule has 4 rings (SSSR count). The first-order valence-corrected chi connectivity index (χ1v) is 11.1. The third-order valence-corrected chi connectivity index (χ3v) is 6.12. The molecule has 1 N–H and O–H groups in total. The van der Waals surface area contributed by atoms with E-state index < -0.39 is 0 Å². The van der Waals surface area contributed by atoms with Gasteiger partial charge in [0.05, 0.1) is 45.2 Å². The number of anilines is 1. The van der Waals surface area contributed by atoms with Gasteiger partial charge in [0.15, 0.2) is 5.16 Å². The number of para-hydroxylation sites is 1. The molecule has 4 aromatic rings. The first-order chi connectivity index (χ1) is 14.9. The van der Waals surface area contributed by atoms with Crippen molar-refractivity contribution in [1.29, 1.82) is 0 Å². The molecule has 6 nitrogen and oxygen atoms in total. The van der Waals surface area contributed by atoms with Crippen LogP contribution in [0, 0.1) is 0 Å². The fourth-order valence-electron chi connectivity index (χ4n) is 2.92. The van der Waals surface area contributed by atoms with Crippen LogP contribution in [0.3, 0.4) is 0 Å². The largest absolute Gasteiger partial charge is 0.467 e. The summed E-state index contributed by atoms with van der Waals surface area (Å²) < 4.78 is 6.87. The molecular formula is C21H14Cl3N3O3S. The summed E-state index contributed by atoms with van der Waals surface area (Å²) in [4.78, 5) is 30.2. The highest BCUT2D eigenvalue weighted by molar-refractivity contribution is 7.99. The summed E-state index contributed by atoms with van der Waals surface area (Å²) >= 11 is 19.3. The number of carbonyl (C=O) groups is 1. The van der Waals surface area contributed by atoms with Crippen molar-refractivity contribution in [2.24, 2.45) is 0 Å². The molecule has 1 amide bonds. The second-order valence-electron chi connectivity index (χ2n) is 6.46. The van der Waals surface area contributed by atoms with Gasteiger partial charge in [0.1, 0.15) is 5.76 Å². The van der Waals surface area contributed by atoms with E-state index in [4.69, 9.17) is 39.2 Å². The second kappa shape index (κ2) is 9.36. The van der Waals surface area contributed by atoms with Gasteiger partial charge >= 0.3 is 0 Å². The van der Waals surface area contributed by atoms with Crippen molar-refractivity contribution in [2.75, 3.05) is 11.1 Å². The van der Waals surface area contributed by atoms with Crippen molar-refractivity contribution in [3.63, 3.8) is 0 Å². The van der Waals surface area contributed by atoms with Gasteiger partial charge < -0.3 is 9.73 Å². The first kappa shape index (κ1) is 21.8. The minimum absolute atomic E-state index is 0.0157. The van der Waals surface area contributed by atoms with E-state index in [9.17, 15) is 9.59 Å². The Morgan fingerprint density at radius 3 is 2.55 bits per heavy atom. The highest BCUT2D eigenvalue weighted by Gasteiger charge is 2.16. The van der Waals surface area contributed by atoms with E-state index in [-0.39, 0.29) is 39.5 Å². The number of hydrogen-bond donors (Lipinski definition) is 1. The lowest BCUT2D eigenvalue weighted by atomic mass is 10.2. The average molecular weight is 495 g/mol. The number of amides is 1. The minimum Gasteiger partial charge on any atom is -0.467 e. The molecule has 0 saturated carbocycles. The average Bonchev–Trinajstić information content (AvgIpc) is 3.25. The molecule has 31 heavy (non-hydrogen) atoms. The Bertz CT molecular complexity index is 1300. The van der Waals surface area contributed by atoms with Crippen LogP contribution in [0.15, 0.2) is 69.2 Å². The summed E-state index contributed by atoms with van der Waals surface area (Å²) in [7, 11) is 0. The summed E-state index contributed by atoms with van der Waals surface area (Å²) in [6.07, 6.45) is 1.54. The van der Waals surface area contributed by atoms with Gasteiger partial charge in [0.25, 0.3) is 5.56 Å². The lowest BCUT2D eigenvalue weighted by molar-refractivity contribution is -0.113. The zero-order valence-corrected chi connectivity index (χ0v) is 18.9. The van der Waals surface area contributed by atoms with Crippen LogP contribution in [0.4, 0.5) is 5.69 Å². The van der Waals surface area contributed by atoms with Gasteiger partial charge in [-0.15, -0.1) is 0 Å². The maximum absolute atomic E-state index is 13.1. The molecule has 2 heterocycles. The third-order valence-electron chi connectivity index (χ3n) is 4.32. The molecule has 0 aliphatic carbocycles. The van der Waals surface area contributed by atoms with E-state index in [2.05, 4.69) is 10.3 Å². The normalized spacial score (nSPS) is 11.1. The van der Waals surface area contributed by atoms with Crippen LogP contribution in [-0.4, -0.2) is 21.2 Å². The smallest absolute Gasteiger partial charge is 0.262 e. The molecule has 2 aromatic carbocycles. The van der Waals surface area contributed by atoms with Gasteiger partial charge in [-0.2, -0.15) is 0 Å². The van der Waals surface area contributed by atoms with Gasteiger partial charge in [-0.05, 0) is 36.4 Å². The van der Waals surface area contributed by atoms with E-state index >= 15 is 0 Å². The van der Waals surface area contributed by atoms with Crippen LogP contribution < -0.4 is 10.9 Å². The van der Waals surface area contributed by atoms with Crippen molar-refractivity contribution in [3.8, 4) is 0 Å². The van der Waals surface area contributed by atoms with Crippen LogP contribution in [0.2, 0.25) is 15.1 Å². The number of fused-ring (bicyclic) bond motifs is 1. The maximum Gasteiger partial charge on any atom is 0.262 e. The molecule has 2 aromatic heterocycles. The quantitative estimate of drug-likeness (QED) is 0.274. The zero-order chi connectivity index (χ0) is 22.0. The van der Waals surface area contributed by atoms with Gasteiger partial charge in [-0.3, -0.25) is 14.2 Å². The SMILES string of the molecule is O=C(CSc1nc2ccccc2c(=O)n1Cc1ccco1)Nc1c(Cl)cc(Cl)cc1Cl. The van der Waals surface area contributed by atoms with E-state index in [1.54, 1.807) is 36.4 Å². The number of rotatable bonds is 6. The van der Waals surface area contributed by atoms with E-state index in [1.165, 1.54) is 23.0 Å². The van der Waals surface area contributed by atoms with Gasteiger partial charge in [-0.25, -0.2) is 4.98 Å². The van der Waals surface area contributed by atoms with Crippen molar-refractivity contribution in [3.05, 3.63) is 86.0 Å². The molecule has 0 aliphatic rings. The summed E-state index contributed by atoms with van der Waals surface area (Å²) in [5, 5.41) is 4.38. The summed E-state index contributed by atoms with van der Waals surface area (Å²) in [6, 6.07) is 13.6. The van der Waals surface area contributed by atoms with Gasteiger partial charge in [-0.1, -0.05) is 58.7 Å². The molecular weight excluding hydrogens is 481 g/mol. The fraction of sp³-hybridized carbons (Fsp3) is 0.0952. The zero-order valence-electron chi connectivity index (χ0n) is 15.8. The number of halogens is 3. The molecule has 0 aliphatic heterocycles. The lowest BCUT2D eigenvalue weighted by Crippen LogP contribution is -2.24. The number of benzene rings is 2. The molecule has 0 unspecified atom stereocenters. The van der Waals surface area contributed by atoms with Crippen molar-refractivity contribution in [2.45, 2.75) is 11.7 Å². The highest BCUT2D eigenvalue weighted by Crippen LogP contribution is 2.33. The second-order valence-corrected chi connectivity index (χ2v) is 8.66. The topological polar surface area (TPSA) is 77.1 Å². The van der Waals surface area contributed by atoms with Crippen molar-refractivity contribution >= 4 is 69.1 Å². The van der Waals surface area contributed by atoms with Crippen LogP contribution in [-0.2, 0) is 11.3 Å². The third kappa shape index (κ3) is 4.91. The van der Waals surface area contributed by atoms with Gasteiger partial charge in [0, 0.05) is 5.02 Å². The molecule has 10 heteroatoms. The predicted octanol–water partition coefficient (Wildman–Crippen LogP) is 5.73. The number of aromatic nitrogens is 2. The van der Waals surface area contributed by atoms with E-state index in [1.807, 2.05) is 0 Å². The van der Waals surface area contributed by atoms with Crippen LogP contribution >= 0.6 is 46.6 Å². The van der Waals surface area contributed by atoms with E-state index in [0.717, 1.165) is 11.8 Å². The first-order valence-electron chi connectivity index (χ1n) is 9.01. The Morgan fingerprint density at radius 2 is 1.84 bits per heavy atom. The monoisotopic (exact) mass is 493 g/mol. The Morgan fingerprint density at radius 1 is 1.10 bits per heavy atom. The minimum atomic E-state index is -0.358. The Hall–Kier alpha value is -2.45. The molecule has 158 valence electrons. The Labute approximate surface area is 196 Å². The molecule has 0 fully saturated rings. The number of nitrogens with zero attached hydrogens (tertiary/aromatic N) is 2. The molecule has 0 atom stereocenters. The summed E-state index contributed by atoms with van der Waals surface area (Å²) in [6.45, 7) is 0.197. The van der Waals surface area contributed by atoms with Crippen LogP contribution in [0.5, 0.6) is 0 Å². The van der Waals surface area contributed by atoms with E-state index in [0.29, 0.717) is 26.8 Å². The van der Waals surface area contributed by atoms with Crippen LogP contribution in [0.1, 0.15) is 5.76 Å². The molecule has 0 radical (unpaired) electrons. The highest BCUT2D eigenvalue weighted by atomic mass is 35.5. The number of thioether (sulfide) groups is 1. The molecule has 0 spiro atoms. The lowest BCUT2D eigenvalue weighted by Gasteiger charge is -2.13. The summed E-state index contributed by atoms with van der Waals surface area (Å²) in [5.74, 6) is 0.228. The Kier molecular flexibility index (Phi) is 6.57. The number of furan rings is 1.